The predicted molar refractivity (Wildman–Crippen MR) is 347 cm³/mol. The van der Waals surface area contributed by atoms with Gasteiger partial charge in [-0.25, -0.2) is 0 Å². The predicted octanol–water partition coefficient (Wildman–Crippen LogP) is 23.8. The molecule has 0 aliphatic carbocycles. The maximum absolute atomic E-state index is 12.5. The summed E-state index contributed by atoms with van der Waals surface area (Å²) in [5.41, 5.74) is 0. The number of aliphatic hydroxyl groups is 2. The van der Waals surface area contributed by atoms with Crippen molar-refractivity contribution < 1.29 is 24.5 Å². The van der Waals surface area contributed by atoms with Crippen LogP contribution in [0.3, 0.4) is 0 Å². The highest BCUT2D eigenvalue weighted by molar-refractivity contribution is 5.76. The summed E-state index contributed by atoms with van der Waals surface area (Å²) in [4.78, 5) is 24.6. The fraction of sp³-hybridized carbons (Fsp3) is 0.973. The van der Waals surface area contributed by atoms with Crippen LogP contribution in [0.5, 0.6) is 0 Å². The topological polar surface area (TPSA) is 95.9 Å². The van der Waals surface area contributed by atoms with Crippen molar-refractivity contribution in [2.24, 2.45) is 0 Å². The molecular weight excluding hydrogens is 971 g/mol. The highest BCUT2D eigenvalue weighted by atomic mass is 16.5. The minimum Gasteiger partial charge on any atom is -0.466 e. The third kappa shape index (κ3) is 65.9. The van der Waals surface area contributed by atoms with Gasteiger partial charge in [0, 0.05) is 12.8 Å². The molecule has 2 atom stereocenters. The molecule has 0 saturated carbocycles. The van der Waals surface area contributed by atoms with Crippen molar-refractivity contribution in [3.05, 3.63) is 0 Å². The molecule has 0 aliphatic heterocycles. The quantitative estimate of drug-likeness (QED) is 0.0417. The standard InChI is InChI=1S/C73H145NO5/c1-3-5-7-9-11-13-15-16-17-18-33-36-39-42-46-49-53-57-61-65-71(76)70(69-75)74-72(77)66-62-58-54-50-47-43-40-37-34-31-29-27-25-23-21-19-20-22-24-26-28-30-32-35-38-41-44-48-52-56-60-64-68-79-73(78)67-63-59-55-51-45-14-12-10-8-6-4-2/h70-71,75-76H,3-69H2,1-2H3,(H,74,77). The summed E-state index contributed by atoms with van der Waals surface area (Å²) in [6.45, 7) is 5.00. The van der Waals surface area contributed by atoms with Gasteiger partial charge in [-0.15, -0.1) is 0 Å². The summed E-state index contributed by atoms with van der Waals surface area (Å²) in [6.07, 6.45) is 84.6. The van der Waals surface area contributed by atoms with Crippen LogP contribution in [0.25, 0.3) is 0 Å². The van der Waals surface area contributed by atoms with Gasteiger partial charge in [0.15, 0.2) is 0 Å². The molecule has 0 bridgehead atoms. The average Bonchev–Trinajstić information content (AvgIpc) is 3.45. The number of ether oxygens (including phenoxy) is 1. The first kappa shape index (κ1) is 77.9. The van der Waals surface area contributed by atoms with Crippen molar-refractivity contribution in [2.75, 3.05) is 13.2 Å². The van der Waals surface area contributed by atoms with E-state index in [2.05, 4.69) is 19.2 Å². The number of aliphatic hydroxyl groups excluding tert-OH is 2. The van der Waals surface area contributed by atoms with Crippen LogP contribution in [0.1, 0.15) is 431 Å². The molecule has 0 aromatic heterocycles. The smallest absolute Gasteiger partial charge is 0.305 e. The van der Waals surface area contributed by atoms with Crippen LogP contribution in [0, 0.1) is 0 Å². The number of carbonyl (C=O) groups is 2. The Bertz CT molecular complexity index is 1150. The summed E-state index contributed by atoms with van der Waals surface area (Å²) < 4.78 is 5.48. The number of carbonyl (C=O) groups excluding carboxylic acids is 2. The summed E-state index contributed by atoms with van der Waals surface area (Å²) in [7, 11) is 0. The van der Waals surface area contributed by atoms with Crippen molar-refractivity contribution in [3.63, 3.8) is 0 Å². The van der Waals surface area contributed by atoms with Crippen LogP contribution < -0.4 is 5.32 Å². The Morgan fingerprint density at radius 2 is 0.519 bits per heavy atom. The van der Waals surface area contributed by atoms with Gasteiger partial charge in [0.05, 0.1) is 25.4 Å². The second-order valence-corrected chi connectivity index (χ2v) is 25.6. The lowest BCUT2D eigenvalue weighted by molar-refractivity contribution is -0.143. The zero-order valence-corrected chi connectivity index (χ0v) is 54.2. The van der Waals surface area contributed by atoms with E-state index in [-0.39, 0.29) is 18.5 Å². The van der Waals surface area contributed by atoms with Crippen molar-refractivity contribution in [3.8, 4) is 0 Å². The fourth-order valence-corrected chi connectivity index (χ4v) is 12.1. The molecule has 0 saturated heterocycles. The first-order chi connectivity index (χ1) is 39.0. The average molecular weight is 1120 g/mol. The Labute approximate surface area is 496 Å². The van der Waals surface area contributed by atoms with E-state index in [4.69, 9.17) is 4.74 Å². The maximum Gasteiger partial charge on any atom is 0.305 e. The molecule has 0 heterocycles. The minimum atomic E-state index is -0.661. The van der Waals surface area contributed by atoms with Crippen LogP contribution in [0.15, 0.2) is 0 Å². The number of amides is 1. The molecule has 0 spiro atoms. The normalized spacial score (nSPS) is 12.4. The van der Waals surface area contributed by atoms with E-state index in [0.717, 1.165) is 38.5 Å². The third-order valence-electron chi connectivity index (χ3n) is 17.7. The Morgan fingerprint density at radius 3 is 0.772 bits per heavy atom. The molecular formula is C73H145NO5. The first-order valence-electron chi connectivity index (χ1n) is 36.8. The zero-order valence-electron chi connectivity index (χ0n) is 54.2. The highest BCUT2D eigenvalue weighted by Crippen LogP contribution is 2.20. The SMILES string of the molecule is CCCCCCCCCCCCCCCCCCCCCC(O)C(CO)NC(=O)CCCCCCCCCCCCCCCCCCCCCCCCCCCCCCCCCCOC(=O)CCCCCCCCCCCCC. The monoisotopic (exact) mass is 1120 g/mol. The summed E-state index contributed by atoms with van der Waals surface area (Å²) >= 11 is 0. The number of rotatable bonds is 70. The van der Waals surface area contributed by atoms with E-state index in [9.17, 15) is 19.8 Å². The molecule has 79 heavy (non-hydrogen) atoms. The molecule has 0 rings (SSSR count). The lowest BCUT2D eigenvalue weighted by Crippen LogP contribution is -2.45. The van der Waals surface area contributed by atoms with E-state index >= 15 is 0 Å². The number of unbranched alkanes of at least 4 members (excludes halogenated alkanes) is 59. The molecule has 0 aromatic rings. The van der Waals surface area contributed by atoms with Gasteiger partial charge in [-0.1, -0.05) is 393 Å². The van der Waals surface area contributed by atoms with Gasteiger partial charge in [-0.05, 0) is 25.7 Å². The molecule has 0 aliphatic rings. The van der Waals surface area contributed by atoms with Crippen LogP contribution in [0.2, 0.25) is 0 Å². The highest BCUT2D eigenvalue weighted by Gasteiger charge is 2.20. The van der Waals surface area contributed by atoms with Crippen molar-refractivity contribution >= 4 is 11.9 Å². The third-order valence-corrected chi connectivity index (χ3v) is 17.7. The largest absolute Gasteiger partial charge is 0.466 e. The second-order valence-electron chi connectivity index (χ2n) is 25.6. The number of hydrogen-bond acceptors (Lipinski definition) is 5. The lowest BCUT2D eigenvalue weighted by atomic mass is 10.0. The van der Waals surface area contributed by atoms with Gasteiger partial charge in [-0.2, -0.15) is 0 Å². The van der Waals surface area contributed by atoms with E-state index in [0.29, 0.717) is 25.9 Å². The van der Waals surface area contributed by atoms with Gasteiger partial charge in [0.25, 0.3) is 0 Å². The Hall–Kier alpha value is -1.14. The van der Waals surface area contributed by atoms with Gasteiger partial charge >= 0.3 is 5.97 Å². The summed E-state index contributed by atoms with van der Waals surface area (Å²) in [5.74, 6) is -0.00312. The van der Waals surface area contributed by atoms with E-state index < -0.39 is 12.1 Å². The molecule has 6 heteroatoms. The Balaban J connectivity index is 3.32. The maximum atomic E-state index is 12.5. The van der Waals surface area contributed by atoms with Crippen LogP contribution in [-0.4, -0.2) is 47.4 Å². The molecule has 1 amide bonds. The first-order valence-corrected chi connectivity index (χ1v) is 36.8. The van der Waals surface area contributed by atoms with Crippen LogP contribution in [0.4, 0.5) is 0 Å². The second kappa shape index (κ2) is 69.4. The Kier molecular flexibility index (Phi) is 68.4. The molecule has 2 unspecified atom stereocenters. The van der Waals surface area contributed by atoms with Crippen LogP contribution in [-0.2, 0) is 14.3 Å². The number of nitrogens with one attached hydrogen (secondary N) is 1. The molecule has 6 nitrogen and oxygen atoms in total. The molecule has 0 radical (unpaired) electrons. The minimum absolute atomic E-state index is 0.0221. The molecule has 3 N–H and O–H groups in total. The van der Waals surface area contributed by atoms with Gasteiger partial charge in [0.2, 0.25) is 5.91 Å². The van der Waals surface area contributed by atoms with Gasteiger partial charge < -0.3 is 20.3 Å². The van der Waals surface area contributed by atoms with E-state index in [1.54, 1.807) is 0 Å². The van der Waals surface area contributed by atoms with Crippen molar-refractivity contribution in [2.45, 2.75) is 443 Å². The van der Waals surface area contributed by atoms with E-state index in [1.165, 1.54) is 360 Å². The van der Waals surface area contributed by atoms with Gasteiger partial charge in [0.1, 0.15) is 0 Å². The van der Waals surface area contributed by atoms with Crippen molar-refractivity contribution in [1.82, 2.24) is 5.32 Å². The number of hydrogen-bond donors (Lipinski definition) is 3. The molecule has 472 valence electrons. The van der Waals surface area contributed by atoms with E-state index in [1.807, 2.05) is 0 Å². The Morgan fingerprint density at radius 1 is 0.304 bits per heavy atom. The van der Waals surface area contributed by atoms with Crippen LogP contribution >= 0.6 is 0 Å². The molecule has 0 fully saturated rings. The fourth-order valence-electron chi connectivity index (χ4n) is 12.1. The van der Waals surface area contributed by atoms with Gasteiger partial charge in [-0.3, -0.25) is 9.59 Å². The lowest BCUT2D eigenvalue weighted by Gasteiger charge is -2.22. The van der Waals surface area contributed by atoms with Crippen molar-refractivity contribution in [1.29, 1.82) is 0 Å². The number of esters is 1. The summed E-state index contributed by atoms with van der Waals surface area (Å²) in [6, 6.07) is -0.537. The zero-order chi connectivity index (χ0) is 57.1. The summed E-state index contributed by atoms with van der Waals surface area (Å²) in [5, 5.41) is 23.4. The molecule has 0 aromatic carbocycles.